The van der Waals surface area contributed by atoms with Gasteiger partial charge < -0.3 is 23.4 Å². The van der Waals surface area contributed by atoms with Gasteiger partial charge in [0.05, 0.1) is 30.5 Å². The summed E-state index contributed by atoms with van der Waals surface area (Å²) in [5.74, 6) is -3.01. The number of benzene rings is 2. The Kier molecular flexibility index (Phi) is 13.2. The summed E-state index contributed by atoms with van der Waals surface area (Å²) in [5.41, 5.74) is 3.70. The van der Waals surface area contributed by atoms with Crippen LogP contribution < -0.4 is 4.90 Å². The minimum Gasteiger partial charge on any atom is -0.748 e. The number of amides is 2. The van der Waals surface area contributed by atoms with Crippen LogP contribution in [0.1, 0.15) is 95.2 Å². The Bertz CT molecular complexity index is 2400. The number of aryl methyl sites for hydroxylation is 1. The van der Waals surface area contributed by atoms with Crippen LogP contribution in [-0.2, 0) is 60.4 Å². The van der Waals surface area contributed by atoms with Gasteiger partial charge in [-0.05, 0) is 76.8 Å². The van der Waals surface area contributed by atoms with Crippen molar-refractivity contribution in [2.75, 3.05) is 29.5 Å². The molecular formula is C39H47N3O13S3-2. The van der Waals surface area contributed by atoms with E-state index in [0.717, 1.165) is 22.5 Å². The second-order valence-electron chi connectivity index (χ2n) is 15.5. The van der Waals surface area contributed by atoms with Crippen LogP contribution >= 0.6 is 0 Å². The molecule has 3 heterocycles. The summed E-state index contributed by atoms with van der Waals surface area (Å²) in [6.07, 6.45) is 7.65. The van der Waals surface area contributed by atoms with Crippen molar-refractivity contribution >= 4 is 65.2 Å². The number of rotatable bonds is 18. The molecule has 0 aliphatic carbocycles. The Morgan fingerprint density at radius 3 is 2.14 bits per heavy atom. The number of carbonyl (C=O) groups is 3. The van der Waals surface area contributed by atoms with Crippen molar-refractivity contribution in [2.45, 2.75) is 101 Å². The van der Waals surface area contributed by atoms with Gasteiger partial charge in [0, 0.05) is 78.2 Å². The zero-order valence-corrected chi connectivity index (χ0v) is 35.2. The van der Waals surface area contributed by atoms with Crippen LogP contribution in [0.5, 0.6) is 0 Å². The number of allylic oxidation sites excluding steroid dienone is 4. The van der Waals surface area contributed by atoms with Gasteiger partial charge in [0.1, 0.15) is 16.7 Å². The van der Waals surface area contributed by atoms with Gasteiger partial charge in [0.15, 0.2) is 5.71 Å². The van der Waals surface area contributed by atoms with Gasteiger partial charge >= 0.3 is 5.97 Å². The van der Waals surface area contributed by atoms with Crippen LogP contribution in [0, 0.1) is 6.92 Å². The van der Waals surface area contributed by atoms with E-state index >= 15 is 0 Å². The molecule has 2 aromatic rings. The topological polar surface area (TPSA) is 242 Å². The fraction of sp³-hybridized carbons (Fsp3) is 0.487. The van der Waals surface area contributed by atoms with Crippen molar-refractivity contribution in [3.8, 4) is 0 Å². The lowest BCUT2D eigenvalue weighted by Crippen LogP contribution is -2.32. The number of anilines is 1. The minimum absolute atomic E-state index is 0.00576. The molecule has 1 unspecified atom stereocenters. The molecule has 0 spiro atoms. The van der Waals surface area contributed by atoms with Gasteiger partial charge in [-0.2, -0.15) is 4.58 Å². The largest absolute Gasteiger partial charge is 0.748 e. The van der Waals surface area contributed by atoms with Gasteiger partial charge in [-0.1, -0.05) is 36.6 Å². The number of imide groups is 1. The number of fused-ring (bicyclic) bond motifs is 2. The molecule has 16 nitrogen and oxygen atoms in total. The Balaban J connectivity index is 1.48. The molecule has 58 heavy (non-hydrogen) atoms. The predicted octanol–water partition coefficient (Wildman–Crippen LogP) is 3.92. The lowest BCUT2D eigenvalue weighted by atomic mass is 9.76. The van der Waals surface area contributed by atoms with E-state index in [1.807, 2.05) is 43.9 Å². The van der Waals surface area contributed by atoms with Crippen LogP contribution in [0.15, 0.2) is 65.2 Å². The lowest BCUT2D eigenvalue weighted by Gasteiger charge is -2.31. The first-order valence-corrected chi connectivity index (χ1v) is 23.5. The van der Waals surface area contributed by atoms with Gasteiger partial charge in [-0.25, -0.2) is 30.0 Å². The van der Waals surface area contributed by atoms with Gasteiger partial charge in [-0.15, -0.1) is 5.06 Å². The first-order valence-electron chi connectivity index (χ1n) is 18.9. The average Bonchev–Trinajstić information content (AvgIpc) is 3.62. The second kappa shape index (κ2) is 17.1. The highest BCUT2D eigenvalue weighted by molar-refractivity contribution is 7.86. The minimum atomic E-state index is -4.80. The van der Waals surface area contributed by atoms with E-state index in [0.29, 0.717) is 47.7 Å². The van der Waals surface area contributed by atoms with E-state index < -0.39 is 75.4 Å². The van der Waals surface area contributed by atoms with Gasteiger partial charge in [0.2, 0.25) is 5.69 Å². The van der Waals surface area contributed by atoms with E-state index in [4.69, 9.17) is 4.84 Å². The van der Waals surface area contributed by atoms with E-state index in [2.05, 4.69) is 13.0 Å². The van der Waals surface area contributed by atoms with Crippen molar-refractivity contribution in [3.63, 3.8) is 0 Å². The third kappa shape index (κ3) is 10.3. The Labute approximate surface area is 339 Å². The van der Waals surface area contributed by atoms with Gasteiger partial charge in [0.25, 0.3) is 11.8 Å². The summed E-state index contributed by atoms with van der Waals surface area (Å²) in [5, 5.41) is 0.520. The maximum atomic E-state index is 12.4. The molecule has 3 aliphatic rings. The average molecular weight is 862 g/mol. The number of unbranched alkanes of at least 4 members (excludes halogenated alkanes) is 2. The zero-order valence-electron chi connectivity index (χ0n) is 32.8. The molecular weight excluding hydrogens is 815 g/mol. The fourth-order valence-corrected chi connectivity index (χ4v) is 9.44. The first kappa shape index (κ1) is 44.8. The SMILES string of the molecule is Cc1ccc2c(c1)C(C)(CCCCCC(=O)ON1C(=O)CCC1=O)C(=CC=CC1=[N+](CCCS(=O)(=O)[O-])c3ccc(S(=O)(=O)[O-])cc3C1(C)C)N2CCCS(=O)(=O)[O-]. The molecule has 5 rings (SSSR count). The number of nitrogens with zero attached hydrogens (tertiary/aromatic N) is 3. The smallest absolute Gasteiger partial charge is 0.333 e. The van der Waals surface area contributed by atoms with Crippen LogP contribution in [0.25, 0.3) is 0 Å². The summed E-state index contributed by atoms with van der Waals surface area (Å²) < 4.78 is 107. The fourth-order valence-electron chi connectivity index (χ4n) is 7.98. The molecule has 0 radical (unpaired) electrons. The quantitative estimate of drug-likeness (QED) is 0.0893. The van der Waals surface area contributed by atoms with Crippen molar-refractivity contribution in [3.05, 3.63) is 77.0 Å². The maximum Gasteiger partial charge on any atom is 0.333 e. The van der Waals surface area contributed by atoms with E-state index in [1.54, 1.807) is 16.7 Å². The van der Waals surface area contributed by atoms with Crippen LogP contribution in [0.2, 0.25) is 0 Å². The Hall–Kier alpha value is -4.27. The summed E-state index contributed by atoms with van der Waals surface area (Å²) in [6.45, 7) is 7.95. The van der Waals surface area contributed by atoms with E-state index in [1.165, 1.54) is 18.2 Å². The molecule has 2 aromatic carbocycles. The molecule has 1 saturated heterocycles. The van der Waals surface area contributed by atoms with E-state index in [9.17, 15) is 53.3 Å². The van der Waals surface area contributed by atoms with Crippen molar-refractivity contribution in [2.24, 2.45) is 0 Å². The van der Waals surface area contributed by atoms with Crippen LogP contribution in [0.3, 0.4) is 0 Å². The zero-order chi connectivity index (χ0) is 42.8. The van der Waals surface area contributed by atoms with Crippen molar-refractivity contribution in [1.29, 1.82) is 0 Å². The third-order valence-corrected chi connectivity index (χ3v) is 13.3. The molecule has 1 atom stereocenters. The molecule has 19 heteroatoms. The van der Waals surface area contributed by atoms with Crippen molar-refractivity contribution in [1.82, 2.24) is 5.06 Å². The molecule has 0 aromatic heterocycles. The monoisotopic (exact) mass is 861 g/mol. The van der Waals surface area contributed by atoms with E-state index in [-0.39, 0.29) is 45.2 Å². The normalized spacial score (nSPS) is 20.2. The Morgan fingerprint density at radius 2 is 1.50 bits per heavy atom. The maximum absolute atomic E-state index is 12.4. The second-order valence-corrected chi connectivity index (χ2v) is 20.0. The summed E-state index contributed by atoms with van der Waals surface area (Å²) >= 11 is 0. The highest BCUT2D eigenvalue weighted by Gasteiger charge is 2.46. The molecule has 0 N–H and O–H groups in total. The van der Waals surface area contributed by atoms with Gasteiger partial charge in [-0.3, -0.25) is 9.59 Å². The molecule has 3 aliphatic heterocycles. The van der Waals surface area contributed by atoms with Crippen LogP contribution in [0.4, 0.5) is 11.4 Å². The summed E-state index contributed by atoms with van der Waals surface area (Å²) in [7, 11) is -13.8. The standard InChI is InChI=1S/C39H49N3O13S3/c1-27-14-16-32-30(25-27)39(4,20-7-5-6-13-37(45)55-42-35(43)18-19-36(42)44)34(41(32)22-10-24-57(49,50)51)12-8-11-33-38(2,3)29-26-28(58(52,53)54)15-17-31(29)40(33)21-9-23-56(46,47)48/h8,11-12,14-17,25-26H,5-7,9-10,13,18-24H2,1-4H3,(H2-,46,47,48,49,50,51,52,53,54)/p-2. The molecule has 2 amide bonds. The molecule has 1 fully saturated rings. The third-order valence-electron chi connectivity index (χ3n) is 10.9. The first-order chi connectivity index (χ1) is 26.9. The molecule has 0 saturated carbocycles. The summed E-state index contributed by atoms with van der Waals surface area (Å²) in [4.78, 5) is 42.7. The molecule has 0 bridgehead atoms. The highest BCUT2D eigenvalue weighted by Crippen LogP contribution is 2.51. The number of hydrogen-bond donors (Lipinski definition) is 0. The highest BCUT2D eigenvalue weighted by atomic mass is 32.2. The van der Waals surface area contributed by atoms with Crippen molar-refractivity contribution < 1.29 is 62.7 Å². The van der Waals surface area contributed by atoms with Crippen LogP contribution in [-0.4, -0.2) is 96.6 Å². The number of hydroxylamine groups is 2. The predicted molar refractivity (Wildman–Crippen MR) is 209 cm³/mol. The molecule has 316 valence electrons. The number of carbonyl (C=O) groups excluding carboxylic acids is 3. The number of hydrogen-bond acceptors (Lipinski definition) is 14. The summed E-state index contributed by atoms with van der Waals surface area (Å²) in [6, 6.07) is 9.90. The Morgan fingerprint density at radius 1 is 0.845 bits per heavy atom. The lowest BCUT2D eigenvalue weighted by molar-refractivity contribution is -0.437.